The van der Waals surface area contributed by atoms with Crippen molar-refractivity contribution in [2.24, 2.45) is 0 Å². The zero-order chi connectivity index (χ0) is 36.7. The van der Waals surface area contributed by atoms with E-state index in [2.05, 4.69) is 208 Å². The fourth-order valence-corrected chi connectivity index (χ4v) is 8.96. The minimum absolute atomic E-state index is 0.235. The Bertz CT molecular complexity index is 2850. The van der Waals surface area contributed by atoms with Gasteiger partial charge in [0, 0.05) is 38.6 Å². The summed E-state index contributed by atoms with van der Waals surface area (Å²) in [5.41, 5.74) is 18.6. The summed E-state index contributed by atoms with van der Waals surface area (Å²) in [6.45, 7) is 11.3. The quantitative estimate of drug-likeness (QED) is 0.174. The maximum absolute atomic E-state index is 2.48. The number of hydrogen-bond acceptors (Lipinski definition) is 1. The van der Waals surface area contributed by atoms with Crippen molar-refractivity contribution in [3.8, 4) is 27.9 Å². The van der Waals surface area contributed by atoms with Gasteiger partial charge in [0.15, 0.2) is 0 Å². The number of fused-ring (bicyclic) bond motifs is 8. The summed E-state index contributed by atoms with van der Waals surface area (Å²) in [4.78, 5) is 2.45. The highest BCUT2D eigenvalue weighted by atomic mass is 15.1. The summed E-state index contributed by atoms with van der Waals surface area (Å²) in [5.74, 6) is 0. The van der Waals surface area contributed by atoms with E-state index in [1.807, 2.05) is 0 Å². The third-order valence-electron chi connectivity index (χ3n) is 11.7. The molecule has 1 aliphatic rings. The van der Waals surface area contributed by atoms with Gasteiger partial charge < -0.3 is 9.47 Å². The van der Waals surface area contributed by atoms with E-state index < -0.39 is 0 Å². The van der Waals surface area contributed by atoms with Gasteiger partial charge in [-0.05, 0) is 126 Å². The molecule has 0 saturated carbocycles. The molecule has 9 aromatic rings. The molecule has 0 fully saturated rings. The van der Waals surface area contributed by atoms with E-state index in [0.717, 1.165) is 11.4 Å². The number of benzene rings is 8. The van der Waals surface area contributed by atoms with Crippen LogP contribution in [-0.4, -0.2) is 4.57 Å². The van der Waals surface area contributed by atoms with Crippen LogP contribution in [0.3, 0.4) is 0 Å². The third kappa shape index (κ3) is 4.94. The van der Waals surface area contributed by atoms with Crippen molar-refractivity contribution in [2.45, 2.75) is 40.0 Å². The molecule has 1 aliphatic carbocycles. The normalized spacial score (nSPS) is 13.1. The van der Waals surface area contributed by atoms with Crippen molar-refractivity contribution >= 4 is 49.6 Å². The Morgan fingerprint density at radius 3 is 1.65 bits per heavy atom. The molecule has 0 unspecified atom stereocenters. The lowest BCUT2D eigenvalue weighted by molar-refractivity contribution is 0.660. The number of hydrogen-bond donors (Lipinski definition) is 0. The van der Waals surface area contributed by atoms with Crippen molar-refractivity contribution in [2.75, 3.05) is 4.90 Å². The van der Waals surface area contributed by atoms with Crippen molar-refractivity contribution < 1.29 is 0 Å². The molecule has 260 valence electrons. The van der Waals surface area contributed by atoms with Gasteiger partial charge in [-0.25, -0.2) is 0 Å². The Kier molecular flexibility index (Phi) is 7.22. The number of anilines is 3. The molecule has 0 aliphatic heterocycles. The second-order valence-electron chi connectivity index (χ2n) is 15.7. The molecular formula is C52H42N2. The minimum Gasteiger partial charge on any atom is -0.310 e. The summed E-state index contributed by atoms with van der Waals surface area (Å²) in [7, 11) is 0. The van der Waals surface area contributed by atoms with Gasteiger partial charge in [0.25, 0.3) is 0 Å². The first-order valence-corrected chi connectivity index (χ1v) is 19.0. The van der Waals surface area contributed by atoms with Gasteiger partial charge in [-0.1, -0.05) is 128 Å². The molecular weight excluding hydrogens is 653 g/mol. The van der Waals surface area contributed by atoms with Crippen LogP contribution >= 0.6 is 0 Å². The predicted octanol–water partition coefficient (Wildman–Crippen LogP) is 14.3. The van der Waals surface area contributed by atoms with Gasteiger partial charge in [-0.2, -0.15) is 0 Å². The maximum atomic E-state index is 2.48. The molecule has 0 amide bonds. The maximum Gasteiger partial charge on any atom is 0.0543 e. The Morgan fingerprint density at radius 1 is 0.444 bits per heavy atom. The first-order valence-electron chi connectivity index (χ1n) is 19.0. The minimum atomic E-state index is -0.235. The average molecular weight is 695 g/mol. The zero-order valence-corrected chi connectivity index (χ0v) is 31.5. The lowest BCUT2D eigenvalue weighted by Crippen LogP contribution is -2.17. The Labute approximate surface area is 317 Å². The van der Waals surface area contributed by atoms with E-state index >= 15 is 0 Å². The van der Waals surface area contributed by atoms with Gasteiger partial charge in [0.1, 0.15) is 0 Å². The van der Waals surface area contributed by atoms with Crippen LogP contribution in [0.4, 0.5) is 17.1 Å². The highest BCUT2D eigenvalue weighted by Crippen LogP contribution is 2.55. The molecule has 0 bridgehead atoms. The van der Waals surface area contributed by atoms with Crippen LogP contribution in [0.5, 0.6) is 0 Å². The van der Waals surface area contributed by atoms with Crippen LogP contribution in [0.15, 0.2) is 164 Å². The highest BCUT2D eigenvalue weighted by molar-refractivity contribution is 6.11. The average Bonchev–Trinajstić information content (AvgIpc) is 3.63. The molecule has 10 rings (SSSR count). The van der Waals surface area contributed by atoms with Gasteiger partial charge >= 0.3 is 0 Å². The molecule has 0 N–H and O–H groups in total. The van der Waals surface area contributed by atoms with Crippen molar-refractivity contribution in [3.05, 3.63) is 192 Å². The molecule has 8 aromatic carbocycles. The molecule has 1 heterocycles. The first kappa shape index (κ1) is 32.3. The van der Waals surface area contributed by atoms with E-state index in [-0.39, 0.29) is 5.41 Å². The Hall–Kier alpha value is -6.38. The zero-order valence-electron chi connectivity index (χ0n) is 31.5. The standard InChI is InChI=1S/C52H42N2/c1-33-15-21-38(22-16-33)53(39-23-19-37(20-24-39)36-11-7-6-8-12-36)50-32-47-51(42-14-10-9-13-41(42)50)43-26-25-40(31-46(43)52(47,4)5)54-48-27-17-34(2)29-44(48)45-30-35(3)18-28-49(45)54/h6-32H,1-5H3. The number of rotatable bonds is 5. The Morgan fingerprint density at radius 2 is 1.00 bits per heavy atom. The SMILES string of the molecule is Cc1ccc(N(c2ccc(-c3ccccc3)cc2)c2cc3c(c4ccccc24)-c2ccc(-n4c5ccc(C)cc5c5cc(C)ccc54)cc2C3(C)C)cc1. The van der Waals surface area contributed by atoms with Crippen molar-refractivity contribution in [3.63, 3.8) is 0 Å². The summed E-state index contributed by atoms with van der Waals surface area (Å²) in [5, 5.41) is 5.14. The molecule has 0 atom stereocenters. The molecule has 2 heteroatoms. The lowest BCUT2D eigenvalue weighted by Gasteiger charge is -2.30. The molecule has 0 saturated heterocycles. The van der Waals surface area contributed by atoms with Gasteiger partial charge in [0.05, 0.1) is 16.7 Å². The highest BCUT2D eigenvalue weighted by Gasteiger charge is 2.38. The van der Waals surface area contributed by atoms with Crippen LogP contribution < -0.4 is 4.90 Å². The van der Waals surface area contributed by atoms with E-state index in [1.165, 1.54) is 94.0 Å². The van der Waals surface area contributed by atoms with E-state index in [1.54, 1.807) is 0 Å². The van der Waals surface area contributed by atoms with Gasteiger partial charge in [-0.3, -0.25) is 0 Å². The van der Waals surface area contributed by atoms with Crippen LogP contribution in [0, 0.1) is 20.8 Å². The van der Waals surface area contributed by atoms with E-state index in [4.69, 9.17) is 0 Å². The van der Waals surface area contributed by atoms with E-state index in [0.29, 0.717) is 0 Å². The molecule has 0 spiro atoms. The summed E-state index contributed by atoms with van der Waals surface area (Å²) in [6.07, 6.45) is 0. The second kappa shape index (κ2) is 12.1. The fourth-order valence-electron chi connectivity index (χ4n) is 8.96. The van der Waals surface area contributed by atoms with Gasteiger partial charge in [0.2, 0.25) is 0 Å². The summed E-state index contributed by atoms with van der Waals surface area (Å²) in [6, 6.07) is 61.0. The molecule has 54 heavy (non-hydrogen) atoms. The second-order valence-corrected chi connectivity index (χ2v) is 15.7. The predicted molar refractivity (Wildman–Crippen MR) is 230 cm³/mol. The first-order chi connectivity index (χ1) is 26.3. The number of aryl methyl sites for hydroxylation is 3. The van der Waals surface area contributed by atoms with Crippen LogP contribution in [0.1, 0.15) is 41.7 Å². The summed E-state index contributed by atoms with van der Waals surface area (Å²) < 4.78 is 2.46. The van der Waals surface area contributed by atoms with Crippen LogP contribution in [0.2, 0.25) is 0 Å². The number of aromatic nitrogens is 1. The van der Waals surface area contributed by atoms with Gasteiger partial charge in [-0.15, -0.1) is 0 Å². The lowest BCUT2D eigenvalue weighted by atomic mass is 9.81. The number of nitrogens with zero attached hydrogens (tertiary/aromatic N) is 2. The molecule has 2 nitrogen and oxygen atoms in total. The topological polar surface area (TPSA) is 8.17 Å². The van der Waals surface area contributed by atoms with Crippen LogP contribution in [-0.2, 0) is 5.41 Å². The van der Waals surface area contributed by atoms with Crippen LogP contribution in [0.25, 0.3) is 60.5 Å². The smallest absolute Gasteiger partial charge is 0.0543 e. The molecule has 1 aromatic heterocycles. The fraction of sp³-hybridized carbons (Fsp3) is 0.115. The summed E-state index contributed by atoms with van der Waals surface area (Å²) >= 11 is 0. The van der Waals surface area contributed by atoms with Crippen molar-refractivity contribution in [1.29, 1.82) is 0 Å². The van der Waals surface area contributed by atoms with Crippen molar-refractivity contribution in [1.82, 2.24) is 4.57 Å². The third-order valence-corrected chi connectivity index (χ3v) is 11.7. The largest absolute Gasteiger partial charge is 0.310 e. The monoisotopic (exact) mass is 694 g/mol. The van der Waals surface area contributed by atoms with E-state index in [9.17, 15) is 0 Å². The molecule has 0 radical (unpaired) electrons. The Balaban J connectivity index is 1.17.